The van der Waals surface area contributed by atoms with Crippen molar-refractivity contribution in [3.63, 3.8) is 0 Å². The molecule has 3 aliphatic rings. The maximum absolute atomic E-state index is 9.49. The van der Waals surface area contributed by atoms with Gasteiger partial charge in [-0.2, -0.15) is 5.26 Å². The van der Waals surface area contributed by atoms with Crippen molar-refractivity contribution in [2.24, 2.45) is 5.92 Å². The van der Waals surface area contributed by atoms with Gasteiger partial charge in [0.05, 0.1) is 11.3 Å². The molecule has 2 fully saturated rings. The van der Waals surface area contributed by atoms with E-state index in [1.807, 2.05) is 18.5 Å². The van der Waals surface area contributed by atoms with Crippen LogP contribution in [0.25, 0.3) is 6.08 Å². The molecule has 0 aliphatic carbocycles. The summed E-state index contributed by atoms with van der Waals surface area (Å²) in [6.45, 7) is 9.68. The number of aromatic nitrogens is 2. The monoisotopic (exact) mass is 444 g/mol. The highest BCUT2D eigenvalue weighted by molar-refractivity contribution is 5.84. The summed E-state index contributed by atoms with van der Waals surface area (Å²) >= 11 is 0. The van der Waals surface area contributed by atoms with E-state index in [4.69, 9.17) is 0 Å². The molecule has 0 spiro atoms. The molecule has 33 heavy (non-hydrogen) atoms. The van der Waals surface area contributed by atoms with E-state index in [1.165, 1.54) is 5.69 Å². The fourth-order valence-corrected chi connectivity index (χ4v) is 5.10. The summed E-state index contributed by atoms with van der Waals surface area (Å²) in [5, 5.41) is 20.0. The van der Waals surface area contributed by atoms with Crippen LogP contribution in [0.2, 0.25) is 0 Å². The van der Waals surface area contributed by atoms with E-state index in [0.29, 0.717) is 17.5 Å². The van der Waals surface area contributed by atoms with Crippen LogP contribution in [0.1, 0.15) is 30.0 Å². The second kappa shape index (κ2) is 9.77. The Bertz CT molecular complexity index is 1040. The molecule has 8 nitrogen and oxygen atoms in total. The number of piperazine rings is 1. The van der Waals surface area contributed by atoms with E-state index >= 15 is 0 Å². The lowest BCUT2D eigenvalue weighted by molar-refractivity contribution is 0.349. The molecule has 3 aliphatic heterocycles. The normalized spacial score (nSPS) is 22.4. The predicted octanol–water partition coefficient (Wildman–Crippen LogP) is 2.20. The Kier molecular flexibility index (Phi) is 6.42. The first kappa shape index (κ1) is 21.7. The van der Waals surface area contributed by atoms with Gasteiger partial charge in [0, 0.05) is 87.6 Å². The Morgan fingerprint density at radius 3 is 2.76 bits per heavy atom. The summed E-state index contributed by atoms with van der Waals surface area (Å²) in [6.07, 6.45) is 9.33. The van der Waals surface area contributed by atoms with E-state index < -0.39 is 0 Å². The van der Waals surface area contributed by atoms with E-state index in [0.717, 1.165) is 81.5 Å². The number of rotatable bonds is 5. The molecule has 2 aromatic rings. The van der Waals surface area contributed by atoms with Gasteiger partial charge >= 0.3 is 0 Å². The average molecular weight is 445 g/mol. The Morgan fingerprint density at radius 2 is 1.97 bits per heavy atom. The van der Waals surface area contributed by atoms with Crippen LogP contribution in [-0.4, -0.2) is 61.8 Å². The summed E-state index contributed by atoms with van der Waals surface area (Å²) in [4.78, 5) is 13.9. The molecule has 5 rings (SSSR count). The summed E-state index contributed by atoms with van der Waals surface area (Å²) in [5.41, 5.74) is 5.12. The summed E-state index contributed by atoms with van der Waals surface area (Å²) in [7, 11) is 0. The topological polar surface area (TPSA) is 92.1 Å². The molecular weight excluding hydrogens is 412 g/mol. The van der Waals surface area contributed by atoms with Gasteiger partial charge in [-0.25, -0.2) is 9.97 Å². The molecule has 0 amide bonds. The fraction of sp³-hybridized carbons (Fsp3) is 0.480. The largest absolute Gasteiger partial charge is 0.380 e. The van der Waals surface area contributed by atoms with Crippen LogP contribution in [0.4, 0.5) is 17.3 Å². The molecular formula is C25H32N8. The quantitative estimate of drug-likeness (QED) is 0.647. The number of nitrogens with zero attached hydrogens (tertiary/aromatic N) is 5. The number of nitrogens with one attached hydrogen (secondary N) is 3. The highest BCUT2D eigenvalue weighted by atomic mass is 15.3. The van der Waals surface area contributed by atoms with Gasteiger partial charge in [0.2, 0.25) is 5.95 Å². The van der Waals surface area contributed by atoms with E-state index in [-0.39, 0.29) is 0 Å². The SMILES string of the molecule is C[C@H]1C[C@@H](NCc2cnc(N3CCNCC3)nc2)CN(c2ccc(C#N)c3c2C=CCN3)C1. The number of fused-ring (bicyclic) bond motifs is 1. The van der Waals surface area contributed by atoms with Gasteiger partial charge in [0.25, 0.3) is 0 Å². The molecule has 2 atom stereocenters. The Labute approximate surface area is 195 Å². The van der Waals surface area contributed by atoms with Crippen molar-refractivity contribution in [2.45, 2.75) is 25.9 Å². The minimum absolute atomic E-state index is 0.383. The summed E-state index contributed by atoms with van der Waals surface area (Å²) in [6, 6.07) is 6.75. The molecule has 0 unspecified atom stereocenters. The van der Waals surface area contributed by atoms with Crippen LogP contribution >= 0.6 is 0 Å². The molecule has 0 saturated carbocycles. The maximum Gasteiger partial charge on any atom is 0.225 e. The molecule has 0 bridgehead atoms. The van der Waals surface area contributed by atoms with Crippen molar-refractivity contribution in [3.8, 4) is 6.07 Å². The molecule has 3 N–H and O–H groups in total. The Hall–Kier alpha value is -3.15. The van der Waals surface area contributed by atoms with Crippen LogP contribution in [-0.2, 0) is 6.54 Å². The smallest absolute Gasteiger partial charge is 0.225 e. The Morgan fingerprint density at radius 1 is 1.15 bits per heavy atom. The minimum Gasteiger partial charge on any atom is -0.380 e. The highest BCUT2D eigenvalue weighted by Crippen LogP contribution is 2.35. The molecule has 172 valence electrons. The number of benzene rings is 1. The standard InChI is InChI=1S/C25H32N8/c1-18-11-21(29-13-19-14-30-25(31-15-19)32-9-7-27-8-10-32)17-33(16-18)23-5-4-20(12-26)24-22(23)3-2-6-28-24/h2-5,14-15,18,21,27-29H,6-11,13,16-17H2,1H3/t18-,21+/m0/s1. The third kappa shape index (κ3) is 4.80. The minimum atomic E-state index is 0.383. The van der Waals surface area contributed by atoms with Crippen molar-refractivity contribution in [1.82, 2.24) is 20.6 Å². The molecule has 4 heterocycles. The van der Waals surface area contributed by atoms with Gasteiger partial charge in [0.15, 0.2) is 0 Å². The van der Waals surface area contributed by atoms with Crippen molar-refractivity contribution < 1.29 is 0 Å². The first-order chi connectivity index (χ1) is 16.2. The number of anilines is 3. The zero-order chi connectivity index (χ0) is 22.6. The van der Waals surface area contributed by atoms with Crippen LogP contribution in [0.3, 0.4) is 0 Å². The third-order valence-corrected chi connectivity index (χ3v) is 6.71. The van der Waals surface area contributed by atoms with Crippen molar-refractivity contribution >= 4 is 23.4 Å². The lowest BCUT2D eigenvalue weighted by Gasteiger charge is -2.39. The molecule has 8 heteroatoms. The van der Waals surface area contributed by atoms with E-state index in [2.05, 4.69) is 66.9 Å². The summed E-state index contributed by atoms with van der Waals surface area (Å²) < 4.78 is 0. The van der Waals surface area contributed by atoms with Gasteiger partial charge in [0.1, 0.15) is 6.07 Å². The van der Waals surface area contributed by atoms with Gasteiger partial charge in [-0.05, 0) is 24.5 Å². The zero-order valence-corrected chi connectivity index (χ0v) is 19.2. The Balaban J connectivity index is 1.25. The third-order valence-electron chi connectivity index (χ3n) is 6.71. The van der Waals surface area contributed by atoms with Crippen molar-refractivity contribution in [2.75, 3.05) is 60.9 Å². The van der Waals surface area contributed by atoms with Gasteiger partial charge < -0.3 is 25.8 Å². The number of piperidine rings is 1. The highest BCUT2D eigenvalue weighted by Gasteiger charge is 2.27. The lowest BCUT2D eigenvalue weighted by Crippen LogP contribution is -2.49. The van der Waals surface area contributed by atoms with Gasteiger partial charge in [-0.15, -0.1) is 0 Å². The van der Waals surface area contributed by atoms with Crippen molar-refractivity contribution in [3.05, 3.63) is 47.3 Å². The summed E-state index contributed by atoms with van der Waals surface area (Å²) in [5.74, 6) is 1.40. The molecule has 1 aromatic heterocycles. The number of nitriles is 1. The predicted molar refractivity (Wildman–Crippen MR) is 132 cm³/mol. The first-order valence-corrected chi connectivity index (χ1v) is 11.9. The lowest BCUT2D eigenvalue weighted by atomic mass is 9.93. The van der Waals surface area contributed by atoms with Crippen LogP contribution in [0, 0.1) is 17.2 Å². The second-order valence-electron chi connectivity index (χ2n) is 9.27. The van der Waals surface area contributed by atoms with Crippen molar-refractivity contribution in [1.29, 1.82) is 5.26 Å². The van der Waals surface area contributed by atoms with Gasteiger partial charge in [-0.1, -0.05) is 19.1 Å². The second-order valence-corrected chi connectivity index (χ2v) is 9.27. The maximum atomic E-state index is 9.49. The fourth-order valence-electron chi connectivity index (χ4n) is 5.10. The van der Waals surface area contributed by atoms with E-state index in [9.17, 15) is 5.26 Å². The molecule has 2 saturated heterocycles. The number of hydrogen-bond acceptors (Lipinski definition) is 8. The first-order valence-electron chi connectivity index (χ1n) is 11.9. The van der Waals surface area contributed by atoms with Crippen LogP contribution in [0.5, 0.6) is 0 Å². The average Bonchev–Trinajstić information content (AvgIpc) is 2.87. The number of hydrogen-bond donors (Lipinski definition) is 3. The van der Waals surface area contributed by atoms with Gasteiger partial charge in [-0.3, -0.25) is 0 Å². The molecule has 1 aromatic carbocycles. The molecule has 0 radical (unpaired) electrons. The van der Waals surface area contributed by atoms with E-state index in [1.54, 1.807) is 0 Å². The van der Waals surface area contributed by atoms with Crippen LogP contribution < -0.4 is 25.8 Å². The zero-order valence-electron chi connectivity index (χ0n) is 19.2. The van der Waals surface area contributed by atoms with Crippen LogP contribution in [0.15, 0.2) is 30.6 Å².